The lowest BCUT2D eigenvalue weighted by atomic mass is 10.3. The summed E-state index contributed by atoms with van der Waals surface area (Å²) >= 11 is 0. The predicted octanol–water partition coefficient (Wildman–Crippen LogP) is -0.287. The number of hydrogen-bond acceptors (Lipinski definition) is 4. The van der Waals surface area contributed by atoms with Crippen molar-refractivity contribution in [3.8, 4) is 0 Å². The smallest absolute Gasteiger partial charge is 0.186 e. The van der Waals surface area contributed by atoms with E-state index in [-0.39, 0.29) is 6.29 Å². The van der Waals surface area contributed by atoms with Gasteiger partial charge >= 0.3 is 0 Å². The van der Waals surface area contributed by atoms with Crippen molar-refractivity contribution in [2.75, 3.05) is 14.2 Å². The van der Waals surface area contributed by atoms with Crippen molar-refractivity contribution in [1.82, 2.24) is 0 Å². The van der Waals surface area contributed by atoms with Gasteiger partial charge in [0.15, 0.2) is 12.6 Å². The van der Waals surface area contributed by atoms with Gasteiger partial charge in [-0.05, 0) is 0 Å². The minimum Gasteiger partial charge on any atom is -0.388 e. The monoisotopic (exact) mass is 148 g/mol. The van der Waals surface area contributed by atoms with Crippen molar-refractivity contribution in [3.63, 3.8) is 0 Å². The number of hydrogen-bond donors (Lipinski definition) is 1. The average molecular weight is 148 g/mol. The number of aliphatic hydroxyl groups is 1. The Morgan fingerprint density at radius 3 is 2.40 bits per heavy atom. The van der Waals surface area contributed by atoms with Crippen molar-refractivity contribution in [2.24, 2.45) is 0 Å². The molecule has 0 spiro atoms. The third-order valence-corrected chi connectivity index (χ3v) is 1.53. The lowest BCUT2D eigenvalue weighted by Gasteiger charge is -2.10. The van der Waals surface area contributed by atoms with Crippen LogP contribution in [0.4, 0.5) is 0 Å². The highest BCUT2D eigenvalue weighted by atomic mass is 16.8. The van der Waals surface area contributed by atoms with E-state index in [9.17, 15) is 0 Å². The molecule has 1 N–H and O–H groups in total. The van der Waals surface area contributed by atoms with Crippen molar-refractivity contribution in [3.05, 3.63) is 0 Å². The van der Waals surface area contributed by atoms with Crippen LogP contribution in [0.3, 0.4) is 0 Å². The number of aliphatic hydroxyl groups excluding tert-OH is 1. The van der Waals surface area contributed by atoms with Crippen molar-refractivity contribution < 1.29 is 19.3 Å². The molecule has 1 aliphatic rings. The predicted molar refractivity (Wildman–Crippen MR) is 33.3 cm³/mol. The highest BCUT2D eigenvalue weighted by Gasteiger charge is 2.33. The molecule has 0 aromatic carbocycles. The molecule has 1 heterocycles. The molecule has 0 aromatic heterocycles. The Bertz CT molecular complexity index is 106. The van der Waals surface area contributed by atoms with E-state index in [1.165, 1.54) is 14.2 Å². The van der Waals surface area contributed by atoms with Crippen LogP contribution in [0.2, 0.25) is 0 Å². The fraction of sp³-hybridized carbons (Fsp3) is 1.00. The summed E-state index contributed by atoms with van der Waals surface area (Å²) < 4.78 is 14.7. The molecule has 0 saturated carbocycles. The largest absolute Gasteiger partial charge is 0.388 e. The summed E-state index contributed by atoms with van der Waals surface area (Å²) in [4.78, 5) is 0. The zero-order chi connectivity index (χ0) is 7.56. The van der Waals surface area contributed by atoms with E-state index >= 15 is 0 Å². The maximum Gasteiger partial charge on any atom is 0.186 e. The van der Waals surface area contributed by atoms with Crippen LogP contribution < -0.4 is 0 Å². The number of ether oxygens (including phenoxy) is 3. The van der Waals surface area contributed by atoms with E-state index in [1.807, 2.05) is 0 Å². The van der Waals surface area contributed by atoms with Crippen LogP contribution in [0.5, 0.6) is 0 Å². The Balaban J connectivity index is 2.36. The lowest BCUT2D eigenvalue weighted by Crippen LogP contribution is -2.22. The van der Waals surface area contributed by atoms with E-state index in [2.05, 4.69) is 0 Å². The Labute approximate surface area is 59.7 Å². The summed E-state index contributed by atoms with van der Waals surface area (Å²) in [5, 5.41) is 9.16. The summed E-state index contributed by atoms with van der Waals surface area (Å²) in [5.41, 5.74) is 0. The minimum absolute atomic E-state index is 0.319. The molecule has 0 unspecified atom stereocenters. The lowest BCUT2D eigenvalue weighted by molar-refractivity contribution is -0.199. The molecule has 10 heavy (non-hydrogen) atoms. The van der Waals surface area contributed by atoms with Gasteiger partial charge in [0.25, 0.3) is 0 Å². The van der Waals surface area contributed by atoms with Crippen LogP contribution in [-0.2, 0) is 14.2 Å². The van der Waals surface area contributed by atoms with E-state index in [1.54, 1.807) is 0 Å². The van der Waals surface area contributed by atoms with Crippen LogP contribution in [0.25, 0.3) is 0 Å². The Hall–Kier alpha value is -0.160. The average Bonchev–Trinajstić information content (AvgIpc) is 2.30. The van der Waals surface area contributed by atoms with E-state index in [0.717, 1.165) is 0 Å². The number of rotatable bonds is 2. The van der Waals surface area contributed by atoms with Gasteiger partial charge in [-0.25, -0.2) is 0 Å². The SMILES string of the molecule is CO[C@H]1C[C@H](O)[C@@H](OC)O1. The van der Waals surface area contributed by atoms with Gasteiger partial charge in [0, 0.05) is 20.6 Å². The summed E-state index contributed by atoms with van der Waals surface area (Å²) in [5.74, 6) is 0. The molecule has 0 aromatic rings. The van der Waals surface area contributed by atoms with E-state index in [4.69, 9.17) is 19.3 Å². The molecular weight excluding hydrogens is 136 g/mol. The molecule has 4 heteroatoms. The van der Waals surface area contributed by atoms with Crippen LogP contribution in [0.15, 0.2) is 0 Å². The first-order valence-electron chi connectivity index (χ1n) is 3.17. The molecule has 0 amide bonds. The highest BCUT2D eigenvalue weighted by Crippen LogP contribution is 2.20. The molecule has 4 nitrogen and oxygen atoms in total. The second kappa shape index (κ2) is 3.30. The van der Waals surface area contributed by atoms with Gasteiger partial charge in [0.2, 0.25) is 0 Å². The molecule has 60 valence electrons. The van der Waals surface area contributed by atoms with Gasteiger partial charge in [-0.2, -0.15) is 0 Å². The van der Waals surface area contributed by atoms with E-state index in [0.29, 0.717) is 6.42 Å². The molecule has 0 bridgehead atoms. The van der Waals surface area contributed by atoms with Crippen LogP contribution >= 0.6 is 0 Å². The van der Waals surface area contributed by atoms with Crippen LogP contribution in [0, 0.1) is 0 Å². The number of methoxy groups -OCH3 is 2. The molecule has 1 aliphatic heterocycles. The Kier molecular flexibility index (Phi) is 2.62. The minimum atomic E-state index is -0.560. The van der Waals surface area contributed by atoms with Gasteiger partial charge < -0.3 is 19.3 Å². The first-order chi connectivity index (χ1) is 4.77. The van der Waals surface area contributed by atoms with Gasteiger partial charge in [0.1, 0.15) is 6.10 Å². The fourth-order valence-corrected chi connectivity index (χ4v) is 0.969. The van der Waals surface area contributed by atoms with Crippen molar-refractivity contribution in [1.29, 1.82) is 0 Å². The quantitative estimate of drug-likeness (QED) is 0.584. The molecule has 0 aliphatic carbocycles. The van der Waals surface area contributed by atoms with E-state index < -0.39 is 12.4 Å². The summed E-state index contributed by atoms with van der Waals surface area (Å²) in [6.45, 7) is 0. The zero-order valence-corrected chi connectivity index (χ0v) is 6.11. The second-order valence-corrected chi connectivity index (χ2v) is 2.21. The van der Waals surface area contributed by atoms with Gasteiger partial charge in [-0.15, -0.1) is 0 Å². The molecule has 1 rings (SSSR count). The zero-order valence-electron chi connectivity index (χ0n) is 6.11. The topological polar surface area (TPSA) is 47.9 Å². The van der Waals surface area contributed by atoms with Gasteiger partial charge in [-0.3, -0.25) is 0 Å². The van der Waals surface area contributed by atoms with Crippen molar-refractivity contribution >= 4 is 0 Å². The van der Waals surface area contributed by atoms with Gasteiger partial charge in [0.05, 0.1) is 0 Å². The molecular formula is C6H12O4. The maximum absolute atomic E-state index is 9.16. The first-order valence-corrected chi connectivity index (χ1v) is 3.17. The maximum atomic E-state index is 9.16. The summed E-state index contributed by atoms with van der Waals surface area (Å²) in [6.07, 6.45) is -0.922. The molecule has 1 fully saturated rings. The van der Waals surface area contributed by atoms with Crippen molar-refractivity contribution in [2.45, 2.75) is 25.1 Å². The standard InChI is InChI=1S/C6H12O4/c1-8-5-3-4(7)6(9-2)10-5/h4-7H,3H2,1-2H3/t4-,5+,6-/m0/s1. The summed E-state index contributed by atoms with van der Waals surface area (Å²) in [6, 6.07) is 0. The molecule has 0 radical (unpaired) electrons. The first kappa shape index (κ1) is 7.94. The fourth-order valence-electron chi connectivity index (χ4n) is 0.969. The molecule has 1 saturated heterocycles. The van der Waals surface area contributed by atoms with Crippen LogP contribution in [0.1, 0.15) is 6.42 Å². The summed E-state index contributed by atoms with van der Waals surface area (Å²) in [7, 11) is 3.03. The highest BCUT2D eigenvalue weighted by molar-refractivity contribution is 4.70. The third kappa shape index (κ3) is 1.46. The van der Waals surface area contributed by atoms with Crippen LogP contribution in [-0.4, -0.2) is 38.0 Å². The second-order valence-electron chi connectivity index (χ2n) is 2.21. The third-order valence-electron chi connectivity index (χ3n) is 1.53. The Morgan fingerprint density at radius 1 is 1.40 bits per heavy atom. The molecule has 3 atom stereocenters. The van der Waals surface area contributed by atoms with Gasteiger partial charge in [-0.1, -0.05) is 0 Å². The Morgan fingerprint density at radius 2 is 2.10 bits per heavy atom. The normalized spacial score (nSPS) is 40.5.